The summed E-state index contributed by atoms with van der Waals surface area (Å²) in [6.07, 6.45) is 1.41. The lowest BCUT2D eigenvalue weighted by Crippen LogP contribution is -2.21. The van der Waals surface area contributed by atoms with Crippen LogP contribution in [0, 0.1) is 5.82 Å². The minimum absolute atomic E-state index is 0.0289. The zero-order valence-electron chi connectivity index (χ0n) is 11.6. The standard InChI is InChI=1S/C14H14Cl2FN3O/c1-19(2)5-6-20-13(11(16)8-18-20)14(21)9-3-4-10(15)12(17)7-9/h3-4,7-8H,5-6H2,1-2H3. The number of hydrogen-bond acceptors (Lipinski definition) is 3. The maximum absolute atomic E-state index is 13.5. The van der Waals surface area contributed by atoms with Gasteiger partial charge in [-0.2, -0.15) is 5.10 Å². The fraction of sp³-hybridized carbons (Fsp3) is 0.286. The molecule has 0 aliphatic carbocycles. The van der Waals surface area contributed by atoms with Gasteiger partial charge in [0.05, 0.1) is 22.8 Å². The molecule has 0 spiro atoms. The highest BCUT2D eigenvalue weighted by Crippen LogP contribution is 2.22. The summed E-state index contributed by atoms with van der Waals surface area (Å²) in [5.74, 6) is -1.02. The van der Waals surface area contributed by atoms with Crippen LogP contribution >= 0.6 is 23.2 Å². The third-order valence-electron chi connectivity index (χ3n) is 2.95. The van der Waals surface area contributed by atoms with Crippen molar-refractivity contribution in [1.82, 2.24) is 14.7 Å². The number of benzene rings is 1. The van der Waals surface area contributed by atoms with E-state index < -0.39 is 5.82 Å². The molecule has 112 valence electrons. The Balaban J connectivity index is 2.34. The largest absolute Gasteiger partial charge is 0.308 e. The summed E-state index contributed by atoms with van der Waals surface area (Å²) in [6, 6.07) is 3.91. The highest BCUT2D eigenvalue weighted by atomic mass is 35.5. The Kier molecular flexibility index (Phi) is 4.98. The Bertz CT molecular complexity index is 670. The van der Waals surface area contributed by atoms with E-state index >= 15 is 0 Å². The van der Waals surface area contributed by atoms with Gasteiger partial charge in [-0.3, -0.25) is 9.48 Å². The van der Waals surface area contributed by atoms with E-state index in [4.69, 9.17) is 23.2 Å². The molecule has 0 radical (unpaired) electrons. The van der Waals surface area contributed by atoms with Crippen molar-refractivity contribution < 1.29 is 9.18 Å². The molecular weight excluding hydrogens is 316 g/mol. The van der Waals surface area contributed by atoms with Crippen LogP contribution in [0.5, 0.6) is 0 Å². The van der Waals surface area contributed by atoms with Crippen LogP contribution < -0.4 is 0 Å². The van der Waals surface area contributed by atoms with Gasteiger partial charge in [-0.25, -0.2) is 4.39 Å². The summed E-state index contributed by atoms with van der Waals surface area (Å²) in [4.78, 5) is 14.5. The van der Waals surface area contributed by atoms with Gasteiger partial charge in [-0.1, -0.05) is 23.2 Å². The van der Waals surface area contributed by atoms with Crippen molar-refractivity contribution in [2.45, 2.75) is 6.54 Å². The molecule has 2 aromatic rings. The van der Waals surface area contributed by atoms with Gasteiger partial charge in [0.1, 0.15) is 11.5 Å². The average Bonchev–Trinajstić information content (AvgIpc) is 2.80. The molecule has 0 saturated heterocycles. The maximum atomic E-state index is 13.5. The number of ketones is 1. The van der Waals surface area contributed by atoms with Crippen molar-refractivity contribution in [2.75, 3.05) is 20.6 Å². The quantitative estimate of drug-likeness (QED) is 0.791. The number of nitrogens with zero attached hydrogens (tertiary/aromatic N) is 3. The predicted molar refractivity (Wildman–Crippen MR) is 80.6 cm³/mol. The highest BCUT2D eigenvalue weighted by molar-refractivity contribution is 6.34. The first-order chi connectivity index (χ1) is 9.90. The van der Waals surface area contributed by atoms with Crippen LogP contribution in [0.15, 0.2) is 24.4 Å². The third-order valence-corrected chi connectivity index (χ3v) is 3.53. The molecular formula is C14H14Cl2FN3O. The summed E-state index contributed by atoms with van der Waals surface area (Å²) in [5.41, 5.74) is 0.436. The molecule has 0 N–H and O–H groups in total. The number of halogens is 3. The van der Waals surface area contributed by atoms with Gasteiger partial charge in [0.2, 0.25) is 5.78 Å². The number of rotatable bonds is 5. The summed E-state index contributed by atoms with van der Waals surface area (Å²) in [6.45, 7) is 1.21. The van der Waals surface area contributed by atoms with E-state index in [1.807, 2.05) is 19.0 Å². The second-order valence-corrected chi connectivity index (χ2v) is 5.64. The van der Waals surface area contributed by atoms with Gasteiger partial charge in [0.15, 0.2) is 0 Å². The molecule has 0 aliphatic heterocycles. The molecule has 0 saturated carbocycles. The van der Waals surface area contributed by atoms with Gasteiger partial charge < -0.3 is 4.90 Å². The van der Waals surface area contributed by atoms with Crippen LogP contribution in [0.4, 0.5) is 4.39 Å². The van der Waals surface area contributed by atoms with Crippen molar-refractivity contribution in [3.8, 4) is 0 Å². The molecule has 1 aromatic carbocycles. The molecule has 7 heteroatoms. The molecule has 0 fully saturated rings. The van der Waals surface area contributed by atoms with E-state index in [1.165, 1.54) is 23.0 Å². The Morgan fingerprint density at radius 1 is 1.33 bits per heavy atom. The first-order valence-electron chi connectivity index (χ1n) is 6.26. The van der Waals surface area contributed by atoms with E-state index in [0.29, 0.717) is 13.1 Å². The van der Waals surface area contributed by atoms with Gasteiger partial charge in [-0.15, -0.1) is 0 Å². The van der Waals surface area contributed by atoms with E-state index in [1.54, 1.807) is 0 Å². The second kappa shape index (κ2) is 6.56. The molecule has 4 nitrogen and oxygen atoms in total. The Labute approximate surface area is 132 Å². The predicted octanol–water partition coefficient (Wildman–Crippen LogP) is 3.12. The zero-order chi connectivity index (χ0) is 15.6. The first kappa shape index (κ1) is 15.9. The average molecular weight is 330 g/mol. The summed E-state index contributed by atoms with van der Waals surface area (Å²) < 4.78 is 15.0. The number of likely N-dealkylation sites (N-methyl/N-ethyl adjacent to an activating group) is 1. The van der Waals surface area contributed by atoms with E-state index in [-0.39, 0.29) is 27.1 Å². The maximum Gasteiger partial charge on any atom is 0.212 e. The molecule has 1 aromatic heterocycles. The van der Waals surface area contributed by atoms with Crippen LogP contribution in [0.2, 0.25) is 10.0 Å². The van der Waals surface area contributed by atoms with Crippen LogP contribution in [-0.4, -0.2) is 41.1 Å². The summed E-state index contributed by atoms with van der Waals surface area (Å²) in [5, 5.41) is 4.31. The zero-order valence-corrected chi connectivity index (χ0v) is 13.1. The van der Waals surface area contributed by atoms with Crippen molar-refractivity contribution in [1.29, 1.82) is 0 Å². The van der Waals surface area contributed by atoms with E-state index in [0.717, 1.165) is 6.07 Å². The Morgan fingerprint density at radius 3 is 2.67 bits per heavy atom. The molecule has 0 amide bonds. The van der Waals surface area contributed by atoms with Crippen LogP contribution in [0.3, 0.4) is 0 Å². The Hall–Kier alpha value is -1.43. The normalized spacial score (nSPS) is 11.1. The van der Waals surface area contributed by atoms with E-state index in [9.17, 15) is 9.18 Å². The first-order valence-corrected chi connectivity index (χ1v) is 7.01. The van der Waals surface area contributed by atoms with Gasteiger partial charge in [0.25, 0.3) is 0 Å². The van der Waals surface area contributed by atoms with E-state index in [2.05, 4.69) is 5.10 Å². The lowest BCUT2D eigenvalue weighted by molar-refractivity contribution is 0.102. The SMILES string of the molecule is CN(C)CCn1ncc(Cl)c1C(=O)c1ccc(Cl)c(F)c1. The van der Waals surface area contributed by atoms with Crippen LogP contribution in [0.1, 0.15) is 16.1 Å². The summed E-state index contributed by atoms with van der Waals surface area (Å²) in [7, 11) is 3.84. The topological polar surface area (TPSA) is 38.1 Å². The second-order valence-electron chi connectivity index (χ2n) is 4.83. The number of hydrogen-bond donors (Lipinski definition) is 0. The highest BCUT2D eigenvalue weighted by Gasteiger charge is 2.20. The molecule has 0 bridgehead atoms. The molecule has 2 rings (SSSR count). The van der Waals surface area contributed by atoms with Gasteiger partial charge >= 0.3 is 0 Å². The smallest absolute Gasteiger partial charge is 0.212 e. The van der Waals surface area contributed by atoms with Crippen LogP contribution in [0.25, 0.3) is 0 Å². The van der Waals surface area contributed by atoms with Crippen molar-refractivity contribution in [3.63, 3.8) is 0 Å². The fourth-order valence-electron chi connectivity index (χ4n) is 1.83. The van der Waals surface area contributed by atoms with Crippen molar-refractivity contribution >= 4 is 29.0 Å². The van der Waals surface area contributed by atoms with Gasteiger partial charge in [-0.05, 0) is 32.3 Å². The Morgan fingerprint density at radius 2 is 2.05 bits per heavy atom. The van der Waals surface area contributed by atoms with Crippen molar-refractivity contribution in [2.24, 2.45) is 0 Å². The number of carbonyl (C=O) groups excluding carboxylic acids is 1. The lowest BCUT2D eigenvalue weighted by atomic mass is 10.1. The molecule has 0 unspecified atom stereocenters. The molecule has 0 aliphatic rings. The summed E-state index contributed by atoms with van der Waals surface area (Å²) >= 11 is 11.7. The number of carbonyl (C=O) groups is 1. The molecule has 21 heavy (non-hydrogen) atoms. The van der Waals surface area contributed by atoms with Gasteiger partial charge in [0, 0.05) is 12.1 Å². The fourth-order valence-corrected chi connectivity index (χ4v) is 2.17. The lowest BCUT2D eigenvalue weighted by Gasteiger charge is -2.11. The van der Waals surface area contributed by atoms with Crippen molar-refractivity contribution in [3.05, 3.63) is 51.5 Å². The third kappa shape index (κ3) is 3.61. The van der Waals surface area contributed by atoms with Crippen LogP contribution in [-0.2, 0) is 6.54 Å². The monoisotopic (exact) mass is 329 g/mol. The molecule has 1 heterocycles. The minimum Gasteiger partial charge on any atom is -0.308 e. The minimum atomic E-state index is -0.641. The molecule has 0 atom stereocenters. The number of aromatic nitrogens is 2.